The Bertz CT molecular complexity index is 5360. The number of nitrogens with zero attached hydrogens (tertiary/aromatic N) is 1. The number of pyridine rings is 1. The number of unbranched alkanes of at least 4 members (excludes halogenated alkanes) is 25. The topological polar surface area (TPSA) is 292 Å². The molecule has 0 amide bonds. The summed E-state index contributed by atoms with van der Waals surface area (Å²) in [5.74, 6) is 4.90. The number of benzene rings is 6. The zero-order chi connectivity index (χ0) is 106. The molecule has 0 fully saturated rings. The molecule has 1 N–H and O–H groups in total. The Hall–Kier alpha value is -6.26. The van der Waals surface area contributed by atoms with Gasteiger partial charge in [-0.25, -0.2) is 50.5 Å². The van der Waals surface area contributed by atoms with Gasteiger partial charge in [0.25, 0.3) is 0 Å². The van der Waals surface area contributed by atoms with Crippen LogP contribution in [-0.4, -0.2) is 161 Å². The maximum absolute atomic E-state index is 12.1. The second-order valence-electron chi connectivity index (χ2n) is 43.5. The summed E-state index contributed by atoms with van der Waals surface area (Å²) in [5, 5.41) is 10.6. The summed E-state index contributed by atoms with van der Waals surface area (Å²) in [5.41, 5.74) is 9.85. The SMILES string of the molecule is CC(C)(C)S(=O)(=O)CCCCCCCc1cccc(O)c1.CCCCOc1cccc(CCCCCCCS(=O)(=O)C(C)(C)C)c1.CCOc1cccc(CCCCCCCS(=O)(=O)C(C)(C)C)c1.COCOc1cccc(CCCCCCCS(=O)(=O)C(C)(C)C)c1.CS(=O)c1ccc(CCCCCCCS(=O)(=O)C(C)(C)C)cc1.Cc1cc(CCCCCCCS(=O)(=O)C(C)(C)C)c2ccccc2n1. The minimum Gasteiger partial charge on any atom is -0.508 e. The lowest BCUT2D eigenvalue weighted by molar-refractivity contribution is 0.0511. The summed E-state index contributed by atoms with van der Waals surface area (Å²) in [6, 6.07) is 50.6. The average Bonchev–Trinajstić information content (AvgIpc) is 0.821. The molecule has 6 aromatic carbocycles. The van der Waals surface area contributed by atoms with Crippen molar-refractivity contribution < 1.29 is 78.8 Å². The number of para-hydroxylation sites is 1. The van der Waals surface area contributed by atoms with Gasteiger partial charge in [0.15, 0.2) is 65.8 Å². The van der Waals surface area contributed by atoms with Crippen molar-refractivity contribution in [2.75, 3.05) is 67.9 Å². The van der Waals surface area contributed by atoms with Crippen molar-refractivity contribution in [3.05, 3.63) is 191 Å². The lowest BCUT2D eigenvalue weighted by Crippen LogP contribution is -2.30. The van der Waals surface area contributed by atoms with Gasteiger partial charge < -0.3 is 24.1 Å². The van der Waals surface area contributed by atoms with E-state index in [1.54, 1.807) is 150 Å². The van der Waals surface area contributed by atoms with Crippen LogP contribution in [0.15, 0.2) is 157 Å². The van der Waals surface area contributed by atoms with E-state index in [4.69, 9.17) is 18.9 Å². The average molecular weight is 2100 g/mol. The van der Waals surface area contributed by atoms with E-state index in [0.29, 0.717) is 46.9 Å². The number of aromatic nitrogens is 1. The van der Waals surface area contributed by atoms with Gasteiger partial charge in [-0.15, -0.1) is 0 Å². The Labute approximate surface area is 862 Å². The summed E-state index contributed by atoms with van der Waals surface area (Å²) in [7, 11) is -17.1. The molecule has 0 spiro atoms. The number of methoxy groups -OCH3 is 1. The third kappa shape index (κ3) is 56.5. The van der Waals surface area contributed by atoms with Crippen molar-refractivity contribution in [3.63, 3.8) is 0 Å². The number of rotatable bonds is 58. The van der Waals surface area contributed by atoms with E-state index < -0.39 is 98.3 Å². The quantitative estimate of drug-likeness (QED) is 0.0274. The Kier molecular flexibility index (Phi) is 62.0. The molecule has 804 valence electrons. The molecule has 0 saturated heterocycles. The number of phenols is 1. The zero-order valence-corrected chi connectivity index (χ0v) is 97.1. The van der Waals surface area contributed by atoms with Crippen LogP contribution < -0.4 is 14.2 Å². The van der Waals surface area contributed by atoms with Crippen LogP contribution >= 0.6 is 0 Å². The normalized spacial score (nSPS) is 12.7. The van der Waals surface area contributed by atoms with Gasteiger partial charge in [0.2, 0.25) is 0 Å². The van der Waals surface area contributed by atoms with Crippen LogP contribution in [0.1, 0.15) is 383 Å². The number of aryl methyl sites for hydroxylation is 7. The molecule has 7 rings (SSSR count). The van der Waals surface area contributed by atoms with Crippen LogP contribution in [0.5, 0.6) is 23.0 Å². The molecular weight excluding hydrogens is 1910 g/mol. The fourth-order valence-corrected chi connectivity index (χ4v) is 22.6. The largest absolute Gasteiger partial charge is 0.508 e. The summed E-state index contributed by atoms with van der Waals surface area (Å²) in [6.07, 6.45) is 40.7. The highest BCUT2D eigenvalue weighted by atomic mass is 32.2. The molecule has 0 saturated carbocycles. The van der Waals surface area contributed by atoms with Crippen LogP contribution in [0.3, 0.4) is 0 Å². The molecule has 1 unspecified atom stereocenters. The molecule has 0 bridgehead atoms. The number of sulfone groups is 6. The van der Waals surface area contributed by atoms with Gasteiger partial charge in [0.05, 0.1) is 81.7 Å². The number of phenolic OH excluding ortho intramolecular Hbond substituents is 1. The van der Waals surface area contributed by atoms with E-state index in [1.807, 2.05) is 86.6 Å². The summed E-state index contributed by atoms with van der Waals surface area (Å²) in [4.78, 5) is 5.46. The molecule has 1 atom stereocenters. The second-order valence-corrected chi connectivity index (χ2v) is 62.1. The van der Waals surface area contributed by atoms with Crippen molar-refractivity contribution in [3.8, 4) is 23.0 Å². The number of fused-ring (bicyclic) bond motifs is 1. The van der Waals surface area contributed by atoms with Crippen LogP contribution in [0.2, 0.25) is 0 Å². The molecule has 7 aromatic rings. The molecule has 26 heteroatoms. The summed E-state index contributed by atoms with van der Waals surface area (Å²) >= 11 is 0. The van der Waals surface area contributed by atoms with Crippen LogP contribution in [0.25, 0.3) is 10.9 Å². The van der Waals surface area contributed by atoms with Crippen molar-refractivity contribution in [2.24, 2.45) is 0 Å². The van der Waals surface area contributed by atoms with Gasteiger partial charge in [-0.1, -0.05) is 208 Å². The Morgan fingerprint density at radius 1 is 0.305 bits per heavy atom. The van der Waals surface area contributed by atoms with E-state index in [9.17, 15) is 59.8 Å². The van der Waals surface area contributed by atoms with Gasteiger partial charge >= 0.3 is 0 Å². The summed E-state index contributed by atoms with van der Waals surface area (Å²) < 4.78 is 173. The van der Waals surface area contributed by atoms with Gasteiger partial charge in [-0.3, -0.25) is 9.19 Å². The minimum absolute atomic E-state index is 0.265. The summed E-state index contributed by atoms with van der Waals surface area (Å²) in [6.45, 7) is 39.9. The van der Waals surface area contributed by atoms with Crippen LogP contribution in [0.4, 0.5) is 0 Å². The maximum Gasteiger partial charge on any atom is 0.188 e. The molecule has 1 heterocycles. The third-order valence-corrected chi connectivity index (χ3v) is 42.2. The van der Waals surface area contributed by atoms with Gasteiger partial charge in [0, 0.05) is 40.1 Å². The zero-order valence-electron chi connectivity index (χ0n) is 91.4. The van der Waals surface area contributed by atoms with Crippen molar-refractivity contribution >= 4 is 80.7 Å². The first kappa shape index (κ1) is 131. The number of ether oxygens (including phenoxy) is 4. The van der Waals surface area contributed by atoms with Crippen LogP contribution in [-0.2, 0) is 113 Å². The highest BCUT2D eigenvalue weighted by molar-refractivity contribution is 7.94. The number of aromatic hydroxyl groups is 1. The Morgan fingerprint density at radius 2 is 0.589 bits per heavy atom. The molecule has 0 aliphatic rings. The van der Waals surface area contributed by atoms with Crippen LogP contribution in [0, 0.1) is 6.92 Å². The molecule has 0 aliphatic heterocycles. The maximum atomic E-state index is 12.1. The van der Waals surface area contributed by atoms with E-state index in [2.05, 4.69) is 78.6 Å². The van der Waals surface area contributed by atoms with E-state index in [-0.39, 0.29) is 6.79 Å². The second kappa shape index (κ2) is 66.9. The van der Waals surface area contributed by atoms with Crippen molar-refractivity contribution in [2.45, 2.75) is 423 Å². The first-order valence-electron chi connectivity index (χ1n) is 52.4. The van der Waals surface area contributed by atoms with Gasteiger partial charge in [-0.2, -0.15) is 0 Å². The highest BCUT2D eigenvalue weighted by Crippen LogP contribution is 2.29. The fraction of sp³-hybridized carbons (Fsp3) is 0.661. The number of hydrogen-bond acceptors (Lipinski definition) is 19. The van der Waals surface area contributed by atoms with E-state index in [1.165, 1.54) is 33.2 Å². The first-order chi connectivity index (χ1) is 65.8. The van der Waals surface area contributed by atoms with Gasteiger partial charge in [-0.05, 0) is 367 Å². The van der Waals surface area contributed by atoms with Crippen molar-refractivity contribution in [1.82, 2.24) is 4.98 Å². The fourth-order valence-electron chi connectivity index (χ4n) is 14.9. The number of hydrogen-bond donors (Lipinski definition) is 1. The van der Waals surface area contributed by atoms with Gasteiger partial charge in [0.1, 0.15) is 23.0 Å². The van der Waals surface area contributed by atoms with E-state index in [0.717, 1.165) is 290 Å². The molecule has 19 nitrogen and oxygen atoms in total. The lowest BCUT2D eigenvalue weighted by atomic mass is 10.0. The first-order valence-corrected chi connectivity index (χ1v) is 63.9. The predicted octanol–water partition coefficient (Wildman–Crippen LogP) is 28.2. The monoisotopic (exact) mass is 2100 g/mol. The molecule has 0 radical (unpaired) electrons. The molecule has 141 heavy (non-hydrogen) atoms. The predicted molar refractivity (Wildman–Crippen MR) is 599 cm³/mol. The third-order valence-electron chi connectivity index (χ3n) is 25.1. The standard InChI is InChI=1S/C21H31NO2S.C21H36O3S.C19H32O4S.C19H32O3S.C18H30O3S2.C17H28O3S/c1-17-16-18(19-13-9-10-14-20(19)22-17)12-8-6-5-7-11-15-25(23,24)21(2,3)4;1-5-6-16-24-20-15-12-14-19(18-20)13-10-8-7-9-11-17-25(22,23)21(2,3)4;1-19(2,3)24(20,21)14-9-7-5-6-8-11-17-12-10-13-18(15-17)23-16-22-4;1-5-22-18-14-11-13-17(16-18)12-9-7-6-8-10-15-23(20,21)19(2,3)4;1-18(2,3)23(20,21)15-9-7-5-6-8-10-16-11-13-17(14-12-16)22(4)19;1-17(2,3)21(19,20)13-8-6-4-5-7-10-15-11-9-12-16(18)14-15/h9-10,13-14,16H,5-8,11-12,15H2,1-4H3;12,14-15,18H,5-11,13,16-17H2,1-4H3;10,12-13,15H,5-9,11,14,16H2,1-4H3;11,13-14,16H,5-10,12,15H2,1-4H3;11-14H,5-10,15H2,1-4H3;9,11-12,14,18H,4-8,10,13H2,1-3H3. The van der Waals surface area contributed by atoms with Crippen molar-refractivity contribution in [1.29, 1.82) is 0 Å². The molecular formula is C115H189NO18S7. The molecule has 0 aliphatic carbocycles. The van der Waals surface area contributed by atoms with E-state index >= 15 is 0 Å². The minimum atomic E-state index is -2.97. The Balaban J connectivity index is 0.000000573. The molecule has 1 aromatic heterocycles. The smallest absolute Gasteiger partial charge is 0.188 e. The Morgan fingerprint density at radius 3 is 0.894 bits per heavy atom. The lowest BCUT2D eigenvalue weighted by Gasteiger charge is -2.18. The highest BCUT2D eigenvalue weighted by Gasteiger charge is 2.33.